The molecule has 0 saturated heterocycles. The number of hydrogen-bond acceptors (Lipinski definition) is 6. The Morgan fingerprint density at radius 2 is 1.78 bits per heavy atom. The molecule has 0 radical (unpaired) electrons. The van der Waals surface area contributed by atoms with Gasteiger partial charge in [-0.1, -0.05) is 29.3 Å². The first kappa shape index (κ1) is 19.5. The molecular weight excluding hydrogens is 409 g/mol. The number of rotatable bonds is 6. The molecule has 0 fully saturated rings. The van der Waals surface area contributed by atoms with Gasteiger partial charge in [0.15, 0.2) is 11.5 Å². The maximum Gasteiger partial charge on any atom is 0.341 e. The van der Waals surface area contributed by atoms with Gasteiger partial charge in [-0.2, -0.15) is 0 Å². The monoisotopic (exact) mass is 423 g/mol. The third-order valence-electron chi connectivity index (χ3n) is 3.70. The molecule has 0 spiro atoms. The van der Waals surface area contributed by atoms with Gasteiger partial charge in [-0.25, -0.2) is 9.78 Å². The summed E-state index contributed by atoms with van der Waals surface area (Å²) in [6, 6.07) is 10.4. The highest BCUT2D eigenvalue weighted by molar-refractivity contribution is 7.13. The van der Waals surface area contributed by atoms with Gasteiger partial charge < -0.3 is 14.2 Å². The first-order valence-corrected chi connectivity index (χ1v) is 9.45. The van der Waals surface area contributed by atoms with Crippen LogP contribution in [0.4, 0.5) is 0 Å². The summed E-state index contributed by atoms with van der Waals surface area (Å²) in [5.74, 6) is 0.668. The van der Waals surface area contributed by atoms with Crippen LogP contribution in [0.25, 0.3) is 10.6 Å². The Morgan fingerprint density at radius 1 is 1.07 bits per heavy atom. The van der Waals surface area contributed by atoms with Crippen LogP contribution < -0.4 is 9.47 Å². The predicted molar refractivity (Wildman–Crippen MR) is 106 cm³/mol. The Bertz CT molecular complexity index is 954. The molecule has 1 aromatic heterocycles. The van der Waals surface area contributed by atoms with E-state index in [1.54, 1.807) is 32.4 Å². The van der Waals surface area contributed by atoms with Crippen molar-refractivity contribution < 1.29 is 19.0 Å². The summed E-state index contributed by atoms with van der Waals surface area (Å²) in [5.41, 5.74) is 1.65. The average molecular weight is 424 g/mol. The standard InChI is InChI=1S/C19H15Cl2NO4S/c1-24-15-7-6-11(8-16(15)25-2)18-22-12(10-27-18)9-26-19(23)17-13(20)4-3-5-14(17)21/h3-8,10H,9H2,1-2H3. The molecule has 3 aromatic rings. The van der Waals surface area contributed by atoms with Crippen LogP contribution in [0.5, 0.6) is 11.5 Å². The topological polar surface area (TPSA) is 57.7 Å². The normalized spacial score (nSPS) is 10.5. The van der Waals surface area contributed by atoms with Crippen molar-refractivity contribution in [2.75, 3.05) is 14.2 Å². The van der Waals surface area contributed by atoms with E-state index in [0.29, 0.717) is 17.2 Å². The molecule has 0 bridgehead atoms. The van der Waals surface area contributed by atoms with E-state index in [1.165, 1.54) is 11.3 Å². The third-order valence-corrected chi connectivity index (χ3v) is 5.27. The summed E-state index contributed by atoms with van der Waals surface area (Å²) < 4.78 is 15.8. The minimum Gasteiger partial charge on any atom is -0.493 e. The van der Waals surface area contributed by atoms with Gasteiger partial charge in [0.1, 0.15) is 11.6 Å². The maximum absolute atomic E-state index is 12.2. The van der Waals surface area contributed by atoms with Gasteiger partial charge in [0, 0.05) is 10.9 Å². The molecule has 0 aliphatic rings. The van der Waals surface area contributed by atoms with Crippen LogP contribution in [0.3, 0.4) is 0 Å². The molecule has 27 heavy (non-hydrogen) atoms. The number of carbonyl (C=O) groups excluding carboxylic acids is 1. The molecule has 0 amide bonds. The van der Waals surface area contributed by atoms with Crippen LogP contribution in [0, 0.1) is 0 Å². The molecule has 0 aliphatic carbocycles. The molecule has 0 atom stereocenters. The first-order chi connectivity index (χ1) is 13.0. The number of hydrogen-bond donors (Lipinski definition) is 0. The van der Waals surface area contributed by atoms with Crippen molar-refractivity contribution in [3.8, 4) is 22.1 Å². The lowest BCUT2D eigenvalue weighted by atomic mass is 10.2. The summed E-state index contributed by atoms with van der Waals surface area (Å²) in [7, 11) is 3.16. The summed E-state index contributed by atoms with van der Waals surface area (Å²) in [6.07, 6.45) is 0. The fraction of sp³-hybridized carbons (Fsp3) is 0.158. The van der Waals surface area contributed by atoms with Crippen molar-refractivity contribution in [1.82, 2.24) is 4.98 Å². The number of ether oxygens (including phenoxy) is 3. The number of thiazole rings is 1. The van der Waals surface area contributed by atoms with E-state index in [1.807, 2.05) is 23.6 Å². The highest BCUT2D eigenvalue weighted by Crippen LogP contribution is 2.33. The van der Waals surface area contributed by atoms with Crippen LogP contribution in [0.1, 0.15) is 16.1 Å². The zero-order chi connectivity index (χ0) is 19.4. The second-order valence-corrected chi connectivity index (χ2v) is 7.06. The van der Waals surface area contributed by atoms with E-state index in [0.717, 1.165) is 10.6 Å². The van der Waals surface area contributed by atoms with Gasteiger partial charge in [-0.3, -0.25) is 0 Å². The van der Waals surface area contributed by atoms with E-state index in [4.69, 9.17) is 37.4 Å². The minimum absolute atomic E-state index is 0.0180. The van der Waals surface area contributed by atoms with Crippen LogP contribution in [-0.4, -0.2) is 25.2 Å². The Labute approximate surface area is 170 Å². The van der Waals surface area contributed by atoms with E-state index >= 15 is 0 Å². The number of aromatic nitrogens is 1. The molecule has 8 heteroatoms. The van der Waals surface area contributed by atoms with Gasteiger partial charge in [0.05, 0.1) is 35.5 Å². The Kier molecular flexibility index (Phi) is 6.21. The zero-order valence-electron chi connectivity index (χ0n) is 14.5. The number of halogens is 2. The molecule has 0 aliphatic heterocycles. The molecule has 0 saturated carbocycles. The Morgan fingerprint density at radius 3 is 2.44 bits per heavy atom. The van der Waals surface area contributed by atoms with Gasteiger partial charge in [0.25, 0.3) is 0 Å². The van der Waals surface area contributed by atoms with E-state index < -0.39 is 5.97 Å². The lowest BCUT2D eigenvalue weighted by molar-refractivity contribution is 0.0469. The van der Waals surface area contributed by atoms with Crippen molar-refractivity contribution in [3.05, 3.63) is 63.1 Å². The van der Waals surface area contributed by atoms with Gasteiger partial charge in [-0.15, -0.1) is 11.3 Å². The van der Waals surface area contributed by atoms with E-state index in [2.05, 4.69) is 4.98 Å². The highest BCUT2D eigenvalue weighted by atomic mass is 35.5. The summed E-state index contributed by atoms with van der Waals surface area (Å²) in [6.45, 7) is 0.0180. The van der Waals surface area contributed by atoms with Crippen LogP contribution in [0.15, 0.2) is 41.8 Å². The molecular formula is C19H15Cl2NO4S. The van der Waals surface area contributed by atoms with Crippen molar-refractivity contribution in [2.45, 2.75) is 6.61 Å². The lowest BCUT2D eigenvalue weighted by Gasteiger charge is -2.08. The summed E-state index contributed by atoms with van der Waals surface area (Å²) in [5, 5.41) is 3.10. The van der Waals surface area contributed by atoms with Gasteiger partial charge >= 0.3 is 5.97 Å². The number of carbonyl (C=O) groups is 1. The van der Waals surface area contributed by atoms with Crippen molar-refractivity contribution in [3.63, 3.8) is 0 Å². The fourth-order valence-electron chi connectivity index (χ4n) is 2.38. The molecule has 5 nitrogen and oxygen atoms in total. The molecule has 1 heterocycles. The minimum atomic E-state index is -0.591. The smallest absolute Gasteiger partial charge is 0.341 e. The van der Waals surface area contributed by atoms with Crippen molar-refractivity contribution >= 4 is 40.5 Å². The molecule has 0 N–H and O–H groups in total. The molecule has 0 unspecified atom stereocenters. The fourth-order valence-corrected chi connectivity index (χ4v) is 3.73. The highest BCUT2D eigenvalue weighted by Gasteiger charge is 2.17. The molecule has 140 valence electrons. The first-order valence-electron chi connectivity index (χ1n) is 7.81. The molecule has 3 rings (SSSR count). The Hall–Kier alpha value is -2.28. The number of nitrogens with zero attached hydrogens (tertiary/aromatic N) is 1. The summed E-state index contributed by atoms with van der Waals surface area (Å²) in [4.78, 5) is 16.7. The van der Waals surface area contributed by atoms with Gasteiger partial charge in [-0.05, 0) is 30.3 Å². The summed E-state index contributed by atoms with van der Waals surface area (Å²) >= 11 is 13.5. The Balaban J connectivity index is 1.72. The van der Waals surface area contributed by atoms with E-state index in [9.17, 15) is 4.79 Å². The number of benzene rings is 2. The second kappa shape index (κ2) is 8.61. The van der Waals surface area contributed by atoms with Crippen molar-refractivity contribution in [2.24, 2.45) is 0 Å². The maximum atomic E-state index is 12.2. The SMILES string of the molecule is COc1ccc(-c2nc(COC(=O)c3c(Cl)cccc3Cl)cs2)cc1OC. The number of esters is 1. The largest absolute Gasteiger partial charge is 0.493 e. The van der Waals surface area contributed by atoms with Crippen LogP contribution in [-0.2, 0) is 11.3 Å². The number of methoxy groups -OCH3 is 2. The van der Waals surface area contributed by atoms with Crippen LogP contribution in [0.2, 0.25) is 10.0 Å². The zero-order valence-corrected chi connectivity index (χ0v) is 16.8. The third kappa shape index (κ3) is 4.35. The van der Waals surface area contributed by atoms with E-state index in [-0.39, 0.29) is 22.2 Å². The lowest BCUT2D eigenvalue weighted by Crippen LogP contribution is -2.07. The van der Waals surface area contributed by atoms with Crippen LogP contribution >= 0.6 is 34.5 Å². The average Bonchev–Trinajstić information content (AvgIpc) is 3.14. The second-order valence-electron chi connectivity index (χ2n) is 5.39. The van der Waals surface area contributed by atoms with Gasteiger partial charge in [0.2, 0.25) is 0 Å². The molecule has 2 aromatic carbocycles. The quantitative estimate of drug-likeness (QED) is 0.490. The predicted octanol–water partition coefficient (Wildman–Crippen LogP) is 5.49. The van der Waals surface area contributed by atoms with Crippen molar-refractivity contribution in [1.29, 1.82) is 0 Å².